The molecule has 0 saturated carbocycles. The fraction of sp³-hybridized carbons (Fsp3) is 0.600. The molecule has 0 fully saturated rings. The van der Waals surface area contributed by atoms with Crippen molar-refractivity contribution in [3.63, 3.8) is 0 Å². The Morgan fingerprint density at radius 3 is 2.79 bits per heavy atom. The maximum absolute atomic E-state index is 14.1. The molecule has 156 valence electrons. The van der Waals surface area contributed by atoms with E-state index in [4.69, 9.17) is 30.6 Å². The predicted molar refractivity (Wildman–Crippen MR) is 104 cm³/mol. The van der Waals surface area contributed by atoms with E-state index in [9.17, 15) is 9.18 Å². The van der Waals surface area contributed by atoms with Gasteiger partial charge in [-0.15, -0.1) is 0 Å². The predicted octanol–water partition coefficient (Wildman–Crippen LogP) is 4.51. The summed E-state index contributed by atoms with van der Waals surface area (Å²) in [5.41, 5.74) is 0.204. The molecule has 0 saturated heterocycles. The molecule has 1 aliphatic heterocycles. The van der Waals surface area contributed by atoms with Gasteiger partial charge in [0.05, 0.1) is 5.02 Å². The van der Waals surface area contributed by atoms with Gasteiger partial charge in [0.15, 0.2) is 6.10 Å². The number of hydrogen-bond donors (Lipinski definition) is 0. The summed E-state index contributed by atoms with van der Waals surface area (Å²) in [6, 6.07) is 2.53. The molecular formula is C20H27ClFNO5. The van der Waals surface area contributed by atoms with Crippen LogP contribution in [-0.4, -0.2) is 42.7 Å². The molecule has 2 rings (SSSR count). The molecule has 2 atom stereocenters. The van der Waals surface area contributed by atoms with E-state index < -0.39 is 29.6 Å². The van der Waals surface area contributed by atoms with Gasteiger partial charge < -0.3 is 19.0 Å². The zero-order chi connectivity index (χ0) is 20.9. The Hall–Kier alpha value is -1.86. The van der Waals surface area contributed by atoms with Gasteiger partial charge in [-0.3, -0.25) is 0 Å². The van der Waals surface area contributed by atoms with Crippen LogP contribution < -0.4 is 4.74 Å². The van der Waals surface area contributed by atoms with Crippen LogP contribution in [0.2, 0.25) is 5.02 Å². The highest BCUT2D eigenvalue weighted by Crippen LogP contribution is 2.31. The molecule has 0 aromatic heterocycles. The molecule has 8 heteroatoms. The van der Waals surface area contributed by atoms with Gasteiger partial charge in [0.2, 0.25) is 0 Å². The molecule has 0 aliphatic carbocycles. The molecule has 0 amide bonds. The maximum Gasteiger partial charge on any atom is 0.347 e. The van der Waals surface area contributed by atoms with Gasteiger partial charge in [0.25, 0.3) is 0 Å². The minimum Gasteiger partial charge on any atom is -0.478 e. The first-order valence-corrected chi connectivity index (χ1v) is 9.70. The Kier molecular flexibility index (Phi) is 7.66. The average molecular weight is 416 g/mol. The first kappa shape index (κ1) is 22.4. The number of unbranched alkanes of at least 4 members (excludes halogenated alkanes) is 1. The lowest BCUT2D eigenvalue weighted by Gasteiger charge is -2.23. The van der Waals surface area contributed by atoms with Crippen LogP contribution in [0.15, 0.2) is 17.3 Å². The van der Waals surface area contributed by atoms with Gasteiger partial charge in [-0.05, 0) is 40.2 Å². The quantitative estimate of drug-likeness (QED) is 0.461. The monoisotopic (exact) mass is 415 g/mol. The van der Waals surface area contributed by atoms with E-state index in [0.29, 0.717) is 17.9 Å². The van der Waals surface area contributed by atoms with E-state index >= 15 is 0 Å². The zero-order valence-electron chi connectivity index (χ0n) is 16.9. The lowest BCUT2D eigenvalue weighted by Crippen LogP contribution is -2.34. The van der Waals surface area contributed by atoms with E-state index in [0.717, 1.165) is 18.9 Å². The van der Waals surface area contributed by atoms with Crippen molar-refractivity contribution in [2.45, 2.75) is 65.3 Å². The summed E-state index contributed by atoms with van der Waals surface area (Å²) >= 11 is 5.97. The van der Waals surface area contributed by atoms with Gasteiger partial charge >= 0.3 is 5.97 Å². The first-order valence-electron chi connectivity index (χ1n) is 9.32. The number of esters is 1. The van der Waals surface area contributed by atoms with Crippen molar-refractivity contribution >= 4 is 23.3 Å². The summed E-state index contributed by atoms with van der Waals surface area (Å²) in [5.74, 6) is -1.11. The summed E-state index contributed by atoms with van der Waals surface area (Å²) in [6.07, 6.45) is 0.505. The van der Waals surface area contributed by atoms with Gasteiger partial charge in [0.1, 0.15) is 35.6 Å². The van der Waals surface area contributed by atoms with Gasteiger partial charge in [-0.2, -0.15) is 0 Å². The van der Waals surface area contributed by atoms with E-state index in [1.165, 1.54) is 13.0 Å². The molecule has 1 aromatic carbocycles. The summed E-state index contributed by atoms with van der Waals surface area (Å²) in [4.78, 5) is 17.4. The SMILES string of the molecule is CCCCO[C@@H]1CON=C1c1cc(Cl)c(F)cc1O[C@@H](C)C(=O)OC(C)(C)C. The molecule has 0 bridgehead atoms. The van der Waals surface area contributed by atoms with Crippen LogP contribution >= 0.6 is 11.6 Å². The number of hydrogen-bond acceptors (Lipinski definition) is 6. The normalized spacial score (nSPS) is 17.7. The standard InChI is InChI=1S/C20H27ClFNO5/c1-6-7-8-25-17-11-26-23-18(17)13-9-14(21)15(22)10-16(13)27-12(2)19(24)28-20(3,4)5/h9-10,12,17H,6-8,11H2,1-5H3/t12-,17+/m0/s1. The van der Waals surface area contributed by atoms with E-state index in [2.05, 4.69) is 12.1 Å². The fourth-order valence-electron chi connectivity index (χ4n) is 2.48. The second-order valence-corrected chi connectivity index (χ2v) is 7.95. The van der Waals surface area contributed by atoms with Crippen molar-refractivity contribution in [3.8, 4) is 5.75 Å². The van der Waals surface area contributed by atoms with Crippen molar-refractivity contribution in [1.29, 1.82) is 0 Å². The molecule has 0 N–H and O–H groups in total. The lowest BCUT2D eigenvalue weighted by molar-refractivity contribution is -0.162. The number of halogens is 2. The second kappa shape index (κ2) is 9.56. The number of ether oxygens (including phenoxy) is 3. The lowest BCUT2D eigenvalue weighted by atomic mass is 10.0. The van der Waals surface area contributed by atoms with E-state index in [1.807, 2.05) is 0 Å². The third kappa shape index (κ3) is 6.07. The Morgan fingerprint density at radius 2 is 2.14 bits per heavy atom. The molecule has 1 aromatic rings. The molecular weight excluding hydrogens is 389 g/mol. The molecule has 1 aliphatic rings. The molecule has 1 heterocycles. The highest BCUT2D eigenvalue weighted by molar-refractivity contribution is 6.31. The van der Waals surface area contributed by atoms with Crippen molar-refractivity contribution in [1.82, 2.24) is 0 Å². The molecule has 0 unspecified atom stereocenters. The van der Waals surface area contributed by atoms with Crippen LogP contribution in [0.1, 0.15) is 53.0 Å². The molecule has 6 nitrogen and oxygen atoms in total. The van der Waals surface area contributed by atoms with Crippen molar-refractivity contribution in [2.24, 2.45) is 5.16 Å². The highest BCUT2D eigenvalue weighted by Gasteiger charge is 2.31. The minimum atomic E-state index is -0.957. The molecule has 28 heavy (non-hydrogen) atoms. The highest BCUT2D eigenvalue weighted by atomic mass is 35.5. The van der Waals surface area contributed by atoms with E-state index in [1.54, 1.807) is 20.8 Å². The number of oxime groups is 1. The third-order valence-electron chi connectivity index (χ3n) is 3.85. The van der Waals surface area contributed by atoms with Crippen LogP contribution in [0.3, 0.4) is 0 Å². The average Bonchev–Trinajstić information content (AvgIpc) is 3.05. The number of benzene rings is 1. The molecule has 0 radical (unpaired) electrons. The summed E-state index contributed by atoms with van der Waals surface area (Å²) in [6.45, 7) is 9.66. The minimum absolute atomic E-state index is 0.0887. The Balaban J connectivity index is 2.25. The van der Waals surface area contributed by atoms with Crippen molar-refractivity contribution in [3.05, 3.63) is 28.5 Å². The second-order valence-electron chi connectivity index (χ2n) is 7.54. The maximum atomic E-state index is 14.1. The van der Waals surface area contributed by atoms with Crippen molar-refractivity contribution in [2.75, 3.05) is 13.2 Å². The van der Waals surface area contributed by atoms with E-state index in [-0.39, 0.29) is 17.4 Å². The Morgan fingerprint density at radius 1 is 1.43 bits per heavy atom. The Bertz CT molecular complexity index is 732. The summed E-state index contributed by atoms with van der Waals surface area (Å²) < 4.78 is 30.9. The van der Waals surface area contributed by atoms with Gasteiger partial charge in [-0.25, -0.2) is 9.18 Å². The fourth-order valence-corrected chi connectivity index (χ4v) is 2.65. The Labute approximate surface area is 169 Å². The van der Waals surface area contributed by atoms with Crippen LogP contribution in [0.5, 0.6) is 5.75 Å². The first-order chi connectivity index (χ1) is 13.1. The number of carbonyl (C=O) groups excluding carboxylic acids is 1. The smallest absolute Gasteiger partial charge is 0.347 e. The van der Waals surface area contributed by atoms with Crippen LogP contribution in [0.25, 0.3) is 0 Å². The number of rotatable bonds is 8. The van der Waals surface area contributed by atoms with Crippen molar-refractivity contribution < 1.29 is 28.2 Å². The van der Waals surface area contributed by atoms with Gasteiger partial charge in [-0.1, -0.05) is 30.1 Å². The summed E-state index contributed by atoms with van der Waals surface area (Å²) in [7, 11) is 0. The topological polar surface area (TPSA) is 66.3 Å². The van der Waals surface area contributed by atoms with Crippen LogP contribution in [0, 0.1) is 5.82 Å². The zero-order valence-corrected chi connectivity index (χ0v) is 17.6. The van der Waals surface area contributed by atoms with Gasteiger partial charge in [0, 0.05) is 18.2 Å². The van der Waals surface area contributed by atoms with Crippen LogP contribution in [-0.2, 0) is 19.1 Å². The third-order valence-corrected chi connectivity index (χ3v) is 4.14. The number of nitrogens with zero attached hydrogens (tertiary/aromatic N) is 1. The summed E-state index contributed by atoms with van der Waals surface area (Å²) in [5, 5.41) is 3.93. The largest absolute Gasteiger partial charge is 0.478 e. The van der Waals surface area contributed by atoms with Crippen LogP contribution in [0.4, 0.5) is 4.39 Å². The molecule has 0 spiro atoms. The number of carbonyl (C=O) groups is 1.